The number of amidine groups is 1. The van der Waals surface area contributed by atoms with Gasteiger partial charge in [0.15, 0.2) is 16.7 Å². The van der Waals surface area contributed by atoms with E-state index in [-0.39, 0.29) is 6.04 Å². The second kappa shape index (κ2) is 8.16. The minimum atomic E-state index is 0.0258. The van der Waals surface area contributed by atoms with Crippen molar-refractivity contribution >= 4 is 38.6 Å². The summed E-state index contributed by atoms with van der Waals surface area (Å²) >= 11 is 5.35. The maximum atomic E-state index is 5.52. The van der Waals surface area contributed by atoms with Gasteiger partial charge in [-0.3, -0.25) is 0 Å². The van der Waals surface area contributed by atoms with E-state index in [0.29, 0.717) is 17.2 Å². The van der Waals surface area contributed by atoms with Gasteiger partial charge in [0.25, 0.3) is 0 Å². The second-order valence-corrected chi connectivity index (χ2v) is 8.37. The van der Waals surface area contributed by atoms with Crippen LogP contribution in [-0.2, 0) is 0 Å². The predicted molar refractivity (Wildman–Crippen MR) is 122 cm³/mol. The fraction of sp³-hybridized carbons (Fsp3) is 0.227. The molecule has 0 spiro atoms. The summed E-state index contributed by atoms with van der Waals surface area (Å²) in [5.74, 6) is 1.78. The zero-order chi connectivity index (χ0) is 20.5. The molecule has 0 N–H and O–H groups in total. The summed E-state index contributed by atoms with van der Waals surface area (Å²) in [6.07, 6.45) is 4.23. The Morgan fingerprint density at radius 3 is 2.38 bits per heavy atom. The van der Waals surface area contributed by atoms with E-state index in [9.17, 15) is 0 Å². The smallest absolute Gasteiger partial charge is 0.203 e. The molecule has 2 aliphatic heterocycles. The minimum absolute atomic E-state index is 0.0258. The van der Waals surface area contributed by atoms with Gasteiger partial charge in [0.1, 0.15) is 0 Å². The number of fused-ring (bicyclic) bond motifs is 1. The van der Waals surface area contributed by atoms with Gasteiger partial charge in [-0.1, -0.05) is 39.8 Å². The summed E-state index contributed by atoms with van der Waals surface area (Å²) < 4.78 is 17.6. The predicted octanol–water partition coefficient (Wildman–Crippen LogP) is 5.76. The summed E-state index contributed by atoms with van der Waals surface area (Å²) in [5, 5.41) is 2.99. The van der Waals surface area contributed by atoms with Gasteiger partial charge in [-0.25, -0.2) is 4.99 Å². The number of hydrogen-bond acceptors (Lipinski definition) is 6. The molecule has 1 atom stereocenters. The molecule has 0 aromatic heterocycles. The number of aryl methyl sites for hydroxylation is 1. The van der Waals surface area contributed by atoms with E-state index in [0.717, 1.165) is 20.9 Å². The Hall–Kier alpha value is -2.38. The summed E-state index contributed by atoms with van der Waals surface area (Å²) in [5.41, 5.74) is 4.17. The lowest BCUT2D eigenvalue weighted by Crippen LogP contribution is -2.27. The van der Waals surface area contributed by atoms with E-state index in [4.69, 9.17) is 19.2 Å². The lowest BCUT2D eigenvalue weighted by Gasteiger charge is -2.31. The summed E-state index contributed by atoms with van der Waals surface area (Å²) in [4.78, 5) is 7.06. The van der Waals surface area contributed by atoms with Gasteiger partial charge in [0, 0.05) is 16.2 Å². The molecule has 29 heavy (non-hydrogen) atoms. The molecule has 0 fully saturated rings. The van der Waals surface area contributed by atoms with Crippen molar-refractivity contribution in [2.45, 2.75) is 13.0 Å². The van der Waals surface area contributed by atoms with Crippen molar-refractivity contribution in [2.75, 3.05) is 21.3 Å². The third-order valence-corrected chi connectivity index (χ3v) is 6.34. The van der Waals surface area contributed by atoms with Gasteiger partial charge in [0.05, 0.1) is 33.1 Å². The molecule has 0 saturated heterocycles. The van der Waals surface area contributed by atoms with Crippen LogP contribution in [0.4, 0.5) is 0 Å². The molecule has 0 radical (unpaired) electrons. The summed E-state index contributed by atoms with van der Waals surface area (Å²) in [7, 11) is 4.84. The van der Waals surface area contributed by atoms with Crippen LogP contribution >= 0.6 is 27.7 Å². The molecular formula is C22H21BrN2O3S. The van der Waals surface area contributed by atoms with Crippen molar-refractivity contribution in [1.29, 1.82) is 0 Å². The number of ether oxygens (including phenoxy) is 3. The topological polar surface area (TPSA) is 43.3 Å². The first-order valence-electron chi connectivity index (χ1n) is 9.04. The van der Waals surface area contributed by atoms with Gasteiger partial charge < -0.3 is 19.1 Å². The van der Waals surface area contributed by atoms with Crippen molar-refractivity contribution in [3.63, 3.8) is 0 Å². The fourth-order valence-corrected chi connectivity index (χ4v) is 4.94. The quantitative estimate of drug-likeness (QED) is 0.553. The van der Waals surface area contributed by atoms with E-state index in [1.54, 1.807) is 33.1 Å². The Balaban J connectivity index is 1.84. The molecule has 0 saturated carbocycles. The molecule has 5 nitrogen and oxygen atoms in total. The number of aliphatic imine (C=N–C) groups is 1. The number of thioether (sulfide) groups is 1. The van der Waals surface area contributed by atoms with Gasteiger partial charge in [0.2, 0.25) is 5.75 Å². The van der Waals surface area contributed by atoms with Gasteiger partial charge >= 0.3 is 0 Å². The van der Waals surface area contributed by atoms with E-state index in [1.807, 2.05) is 12.1 Å². The van der Waals surface area contributed by atoms with Gasteiger partial charge in [-0.15, -0.1) is 0 Å². The SMILES string of the molecule is COc1cc(C2=CC(c3ccc(C)cc3Br)N3C=CSC3=N2)cc(OC)c1OC. The van der Waals surface area contributed by atoms with Gasteiger partial charge in [-0.2, -0.15) is 0 Å². The summed E-state index contributed by atoms with van der Waals surface area (Å²) in [6.45, 7) is 2.09. The number of rotatable bonds is 5. The average Bonchev–Trinajstić information content (AvgIpc) is 3.21. The molecule has 0 aliphatic carbocycles. The highest BCUT2D eigenvalue weighted by Crippen LogP contribution is 2.44. The third-order valence-electron chi connectivity index (χ3n) is 4.88. The van der Waals surface area contributed by atoms with Crippen molar-refractivity contribution in [3.05, 3.63) is 69.2 Å². The van der Waals surface area contributed by atoms with Crippen LogP contribution in [0.2, 0.25) is 0 Å². The van der Waals surface area contributed by atoms with Crippen LogP contribution in [0.15, 0.2) is 57.5 Å². The zero-order valence-electron chi connectivity index (χ0n) is 16.6. The van der Waals surface area contributed by atoms with E-state index in [1.165, 1.54) is 11.1 Å². The van der Waals surface area contributed by atoms with Crippen molar-refractivity contribution in [1.82, 2.24) is 4.90 Å². The largest absolute Gasteiger partial charge is 0.493 e. The van der Waals surface area contributed by atoms with Crippen molar-refractivity contribution < 1.29 is 14.2 Å². The van der Waals surface area contributed by atoms with Crippen LogP contribution < -0.4 is 14.2 Å². The van der Waals surface area contributed by atoms with E-state index in [2.05, 4.69) is 63.6 Å². The Morgan fingerprint density at radius 1 is 1.03 bits per heavy atom. The first-order chi connectivity index (χ1) is 14.0. The molecule has 2 aliphatic rings. The standard InChI is InChI=1S/C22H21BrN2O3S/c1-13-5-6-15(16(23)9-13)18-12-17(24-22-25(18)7-8-29-22)14-10-19(26-2)21(28-4)20(11-14)27-3/h5-12,18H,1-4H3. The maximum absolute atomic E-state index is 5.52. The first-order valence-corrected chi connectivity index (χ1v) is 10.7. The normalized spacial score (nSPS) is 17.6. The summed E-state index contributed by atoms with van der Waals surface area (Å²) in [6, 6.07) is 10.3. The Morgan fingerprint density at radius 2 is 1.76 bits per heavy atom. The second-order valence-electron chi connectivity index (χ2n) is 6.64. The van der Waals surface area contributed by atoms with Gasteiger partial charge in [-0.05, 0) is 47.7 Å². The third kappa shape index (κ3) is 3.65. The molecule has 0 bridgehead atoms. The first kappa shape index (κ1) is 19.9. The molecule has 2 aromatic carbocycles. The Kier molecular flexibility index (Phi) is 5.61. The van der Waals surface area contributed by atoms with Crippen LogP contribution in [0, 0.1) is 6.92 Å². The average molecular weight is 473 g/mol. The van der Waals surface area contributed by atoms with Crippen LogP contribution in [0.3, 0.4) is 0 Å². The van der Waals surface area contributed by atoms with Crippen molar-refractivity contribution in [2.24, 2.45) is 4.99 Å². The highest BCUT2D eigenvalue weighted by Gasteiger charge is 2.30. The highest BCUT2D eigenvalue weighted by atomic mass is 79.9. The highest BCUT2D eigenvalue weighted by molar-refractivity contribution is 9.10. The molecular weight excluding hydrogens is 452 g/mol. The van der Waals surface area contributed by atoms with E-state index < -0.39 is 0 Å². The number of benzene rings is 2. The molecule has 7 heteroatoms. The van der Waals surface area contributed by atoms with Crippen LogP contribution in [0.1, 0.15) is 22.7 Å². The Bertz CT molecular complexity index is 1020. The molecule has 2 heterocycles. The molecule has 4 rings (SSSR count). The fourth-order valence-electron chi connectivity index (χ4n) is 3.45. The van der Waals surface area contributed by atoms with Crippen LogP contribution in [0.5, 0.6) is 17.2 Å². The minimum Gasteiger partial charge on any atom is -0.493 e. The van der Waals surface area contributed by atoms with Crippen LogP contribution in [-0.4, -0.2) is 31.4 Å². The zero-order valence-corrected chi connectivity index (χ0v) is 19.0. The van der Waals surface area contributed by atoms with E-state index >= 15 is 0 Å². The Labute approximate surface area is 183 Å². The van der Waals surface area contributed by atoms with Crippen LogP contribution in [0.25, 0.3) is 5.70 Å². The molecule has 150 valence electrons. The van der Waals surface area contributed by atoms with Crippen molar-refractivity contribution in [3.8, 4) is 17.2 Å². The lowest BCUT2D eigenvalue weighted by molar-refractivity contribution is 0.324. The number of nitrogens with zero attached hydrogens (tertiary/aromatic N) is 2. The monoisotopic (exact) mass is 472 g/mol. The molecule has 1 unspecified atom stereocenters. The number of hydrogen-bond donors (Lipinski definition) is 0. The number of methoxy groups -OCH3 is 3. The number of halogens is 1. The molecule has 0 amide bonds. The molecule has 2 aromatic rings. The lowest BCUT2D eigenvalue weighted by atomic mass is 9.99. The maximum Gasteiger partial charge on any atom is 0.203 e.